The van der Waals surface area contributed by atoms with Gasteiger partial charge in [-0.05, 0) is 6.42 Å². The molecule has 0 aliphatic heterocycles. The Kier molecular flexibility index (Phi) is 16.1. The van der Waals surface area contributed by atoms with Gasteiger partial charge in [0.2, 0.25) is 11.8 Å². The van der Waals surface area contributed by atoms with Gasteiger partial charge in [-0.15, -0.1) is 0 Å². The fourth-order valence-corrected chi connectivity index (χ4v) is 2.88. The van der Waals surface area contributed by atoms with Gasteiger partial charge < -0.3 is 10.8 Å². The summed E-state index contributed by atoms with van der Waals surface area (Å²) < 4.78 is 0. The third-order valence-corrected chi connectivity index (χ3v) is 4.50. The van der Waals surface area contributed by atoms with Crippen molar-refractivity contribution >= 4 is 17.8 Å². The molecule has 0 bridgehead atoms. The lowest BCUT2D eigenvalue weighted by atomic mass is 10.0. The average molecular weight is 371 g/mol. The molecular formula is C20H38N2O4. The zero-order chi connectivity index (χ0) is 19.6. The number of rotatable bonds is 17. The first-order chi connectivity index (χ1) is 12.5. The van der Waals surface area contributed by atoms with E-state index in [1.807, 2.05) is 0 Å². The maximum atomic E-state index is 11.6. The van der Waals surface area contributed by atoms with Crippen LogP contribution >= 0.6 is 0 Å². The van der Waals surface area contributed by atoms with Gasteiger partial charge >= 0.3 is 5.97 Å². The molecule has 0 saturated carbocycles. The lowest BCUT2D eigenvalue weighted by molar-refractivity contribution is -0.140. The summed E-state index contributed by atoms with van der Waals surface area (Å²) >= 11 is 0. The number of nitrogens with two attached hydrogens (primary N) is 1. The minimum atomic E-state index is -1.18. The third kappa shape index (κ3) is 16.1. The normalized spacial score (nSPS) is 11.9. The number of unbranched alkanes of at least 4 members (excludes halogenated alkanes) is 12. The van der Waals surface area contributed by atoms with Crippen LogP contribution in [-0.2, 0) is 14.4 Å². The molecule has 2 amide bonds. The molecule has 0 radical (unpaired) electrons. The predicted molar refractivity (Wildman–Crippen MR) is 104 cm³/mol. The maximum absolute atomic E-state index is 11.6. The SMILES string of the molecule is CCCCCCCCCCCCCCCC(=O)NC(=O)[C@@H](N)CC(=O)O. The minimum absolute atomic E-state index is 0.281. The van der Waals surface area contributed by atoms with Crippen molar-refractivity contribution in [3.8, 4) is 0 Å². The number of amides is 2. The van der Waals surface area contributed by atoms with Crippen LogP contribution in [0.15, 0.2) is 0 Å². The Bertz CT molecular complexity index is 399. The number of carboxylic acids is 1. The minimum Gasteiger partial charge on any atom is -0.481 e. The molecule has 26 heavy (non-hydrogen) atoms. The summed E-state index contributed by atoms with van der Waals surface area (Å²) in [6.07, 6.45) is 15.8. The number of carbonyl (C=O) groups is 3. The molecule has 0 aliphatic rings. The number of hydrogen-bond acceptors (Lipinski definition) is 4. The van der Waals surface area contributed by atoms with E-state index < -0.39 is 24.3 Å². The molecule has 4 N–H and O–H groups in total. The van der Waals surface area contributed by atoms with Gasteiger partial charge in [-0.2, -0.15) is 0 Å². The van der Waals surface area contributed by atoms with Crippen LogP contribution in [0, 0.1) is 0 Å². The fraction of sp³-hybridized carbons (Fsp3) is 0.850. The Morgan fingerprint density at radius 1 is 0.808 bits per heavy atom. The maximum Gasteiger partial charge on any atom is 0.305 e. The Balaban J connectivity index is 3.40. The van der Waals surface area contributed by atoms with Crippen molar-refractivity contribution in [3.05, 3.63) is 0 Å². The van der Waals surface area contributed by atoms with Crippen molar-refractivity contribution in [2.45, 2.75) is 109 Å². The predicted octanol–water partition coefficient (Wildman–Crippen LogP) is 3.91. The summed E-state index contributed by atoms with van der Waals surface area (Å²) in [7, 11) is 0. The van der Waals surface area contributed by atoms with Gasteiger partial charge in [0, 0.05) is 6.42 Å². The van der Waals surface area contributed by atoms with E-state index in [2.05, 4.69) is 12.2 Å². The summed E-state index contributed by atoms with van der Waals surface area (Å²) in [6, 6.07) is -1.18. The van der Waals surface area contributed by atoms with Crippen LogP contribution < -0.4 is 11.1 Å². The first-order valence-electron chi connectivity index (χ1n) is 10.3. The van der Waals surface area contributed by atoms with Crippen molar-refractivity contribution in [2.24, 2.45) is 5.73 Å². The largest absolute Gasteiger partial charge is 0.481 e. The summed E-state index contributed by atoms with van der Waals surface area (Å²) in [6.45, 7) is 2.24. The van der Waals surface area contributed by atoms with Crippen LogP contribution in [0.4, 0.5) is 0 Å². The molecule has 0 aromatic heterocycles. The van der Waals surface area contributed by atoms with Crippen molar-refractivity contribution in [1.82, 2.24) is 5.32 Å². The summed E-state index contributed by atoms with van der Waals surface area (Å²) in [4.78, 5) is 33.6. The number of hydrogen-bond donors (Lipinski definition) is 3. The van der Waals surface area contributed by atoms with Crippen LogP contribution in [-0.4, -0.2) is 28.9 Å². The van der Waals surface area contributed by atoms with Gasteiger partial charge in [0.1, 0.15) is 0 Å². The van der Waals surface area contributed by atoms with Gasteiger partial charge in [-0.25, -0.2) is 0 Å². The molecule has 0 spiro atoms. The van der Waals surface area contributed by atoms with E-state index >= 15 is 0 Å². The van der Waals surface area contributed by atoms with Crippen molar-refractivity contribution < 1.29 is 19.5 Å². The molecule has 0 aromatic carbocycles. The molecule has 6 nitrogen and oxygen atoms in total. The smallest absolute Gasteiger partial charge is 0.305 e. The Hall–Kier alpha value is -1.43. The van der Waals surface area contributed by atoms with E-state index in [9.17, 15) is 14.4 Å². The lowest BCUT2D eigenvalue weighted by Gasteiger charge is -2.09. The van der Waals surface area contributed by atoms with Crippen molar-refractivity contribution in [2.75, 3.05) is 0 Å². The third-order valence-electron chi connectivity index (χ3n) is 4.50. The Labute approximate surface area is 158 Å². The number of nitrogens with one attached hydrogen (secondary N) is 1. The zero-order valence-corrected chi connectivity index (χ0v) is 16.4. The van der Waals surface area contributed by atoms with Crippen LogP contribution in [0.2, 0.25) is 0 Å². The monoisotopic (exact) mass is 370 g/mol. The zero-order valence-electron chi connectivity index (χ0n) is 16.4. The van der Waals surface area contributed by atoms with Crippen molar-refractivity contribution in [3.63, 3.8) is 0 Å². The van der Waals surface area contributed by atoms with Crippen LogP contribution in [0.1, 0.15) is 103 Å². The highest BCUT2D eigenvalue weighted by Gasteiger charge is 2.18. The topological polar surface area (TPSA) is 109 Å². The van der Waals surface area contributed by atoms with E-state index in [0.717, 1.165) is 19.3 Å². The number of carbonyl (C=O) groups excluding carboxylic acids is 2. The van der Waals surface area contributed by atoms with E-state index in [-0.39, 0.29) is 12.3 Å². The van der Waals surface area contributed by atoms with Gasteiger partial charge in [-0.3, -0.25) is 19.7 Å². The highest BCUT2D eigenvalue weighted by Crippen LogP contribution is 2.12. The summed E-state index contributed by atoms with van der Waals surface area (Å²) in [5.41, 5.74) is 5.40. The van der Waals surface area contributed by atoms with Gasteiger partial charge in [-0.1, -0.05) is 84.0 Å². The molecule has 1 atom stereocenters. The van der Waals surface area contributed by atoms with Crippen LogP contribution in [0.5, 0.6) is 0 Å². The highest BCUT2D eigenvalue weighted by molar-refractivity contribution is 5.98. The first-order valence-corrected chi connectivity index (χ1v) is 10.3. The molecule has 0 rings (SSSR count). The molecule has 0 heterocycles. The quantitative estimate of drug-likeness (QED) is 0.336. The second kappa shape index (κ2) is 17.0. The summed E-state index contributed by atoms with van der Waals surface area (Å²) in [5, 5.41) is 10.7. The molecule has 152 valence electrons. The summed E-state index contributed by atoms with van der Waals surface area (Å²) in [5.74, 6) is -2.25. The molecular weight excluding hydrogens is 332 g/mol. The number of imide groups is 1. The average Bonchev–Trinajstić information content (AvgIpc) is 2.58. The molecule has 0 unspecified atom stereocenters. The second-order valence-electron chi connectivity index (χ2n) is 7.11. The number of carboxylic acid groups (broad SMARTS) is 1. The van der Waals surface area contributed by atoms with Crippen LogP contribution in [0.25, 0.3) is 0 Å². The van der Waals surface area contributed by atoms with E-state index in [4.69, 9.17) is 10.8 Å². The van der Waals surface area contributed by atoms with Gasteiger partial charge in [0.15, 0.2) is 0 Å². The highest BCUT2D eigenvalue weighted by atomic mass is 16.4. The van der Waals surface area contributed by atoms with Crippen molar-refractivity contribution in [1.29, 1.82) is 0 Å². The van der Waals surface area contributed by atoms with Gasteiger partial charge in [0.25, 0.3) is 0 Å². The van der Waals surface area contributed by atoms with E-state index in [0.29, 0.717) is 0 Å². The van der Waals surface area contributed by atoms with E-state index in [1.54, 1.807) is 0 Å². The first kappa shape index (κ1) is 24.6. The lowest BCUT2D eigenvalue weighted by Crippen LogP contribution is -2.44. The standard InChI is InChI=1S/C20H38N2O4/c1-2-3-4-5-6-7-8-9-10-11-12-13-14-15-18(23)22-20(26)17(21)16-19(24)25/h17H,2-16,21H2,1H3,(H,24,25)(H,22,23,26)/t17-/m0/s1. The Morgan fingerprint density at radius 3 is 1.65 bits per heavy atom. The van der Waals surface area contributed by atoms with E-state index in [1.165, 1.54) is 64.2 Å². The van der Waals surface area contributed by atoms with Crippen LogP contribution in [0.3, 0.4) is 0 Å². The Morgan fingerprint density at radius 2 is 1.23 bits per heavy atom. The second-order valence-corrected chi connectivity index (χ2v) is 7.11. The molecule has 0 aromatic rings. The molecule has 6 heteroatoms. The molecule has 0 aliphatic carbocycles. The van der Waals surface area contributed by atoms with Gasteiger partial charge in [0.05, 0.1) is 12.5 Å². The fourth-order valence-electron chi connectivity index (χ4n) is 2.88. The molecule has 0 fully saturated rings. The molecule has 0 saturated heterocycles. The number of aliphatic carboxylic acids is 1.